The molecule has 41 heavy (non-hydrogen) atoms. The first-order valence-electron chi connectivity index (χ1n) is 13.6. The summed E-state index contributed by atoms with van der Waals surface area (Å²) in [5.41, 5.74) is 12.5. The van der Waals surface area contributed by atoms with Crippen molar-refractivity contribution in [2.75, 3.05) is 33.3 Å². The van der Waals surface area contributed by atoms with E-state index >= 15 is 0 Å². The first-order valence-corrected chi connectivity index (χ1v) is 14.6. The van der Waals surface area contributed by atoms with Crippen LogP contribution in [0.25, 0.3) is 0 Å². The van der Waals surface area contributed by atoms with Crippen molar-refractivity contribution in [2.24, 2.45) is 17.4 Å². The molecule has 0 saturated carbocycles. The van der Waals surface area contributed by atoms with E-state index in [-0.39, 0.29) is 30.3 Å². The fraction of sp³-hybridized carbons (Fsp3) is 0.577. The number of nitrogens with one attached hydrogen (secondary N) is 5. The van der Waals surface area contributed by atoms with Gasteiger partial charge in [0.15, 0.2) is 11.9 Å². The molecule has 2 aliphatic heterocycles. The summed E-state index contributed by atoms with van der Waals surface area (Å²) in [7, 11) is 1.33. The minimum atomic E-state index is -1.11. The van der Waals surface area contributed by atoms with Crippen LogP contribution in [0.5, 0.6) is 0 Å². The second-order valence-electron chi connectivity index (χ2n) is 10.2. The Hall–Kier alpha value is -3.56. The van der Waals surface area contributed by atoms with Crippen molar-refractivity contribution in [1.29, 1.82) is 10.8 Å². The van der Waals surface area contributed by atoms with Gasteiger partial charge in [-0.05, 0) is 55.7 Å². The Morgan fingerprint density at radius 3 is 2.54 bits per heavy atom. The standard InChI is InChI=1S/C26H41N9O5S/c1-40-24(39)18-5-2-4-17(12-18)15-41-33-20(13-16-7-10-34(11-8-16)25(27)28)22(37)31-14-21(36)32-19-6-3-9-35(23(19)38)26(29)30/h2,4-5,12,16,19-20,23,33,38H,3,6-11,13-15H2,1H3,(H3,27,28)(H3,29,30)(H,31,37)(H,32,36)/t19?,20-,23?/m1/s1. The third-order valence-corrected chi connectivity index (χ3v) is 8.25. The number of amides is 2. The summed E-state index contributed by atoms with van der Waals surface area (Å²) < 4.78 is 8.02. The Morgan fingerprint density at radius 1 is 1.15 bits per heavy atom. The number of aliphatic hydroxyl groups excluding tert-OH is 1. The number of aliphatic hydroxyl groups is 1. The van der Waals surface area contributed by atoms with Crippen molar-refractivity contribution in [1.82, 2.24) is 25.2 Å². The van der Waals surface area contributed by atoms with Gasteiger partial charge < -0.3 is 41.7 Å². The molecule has 2 aliphatic rings. The minimum absolute atomic E-state index is 0.0427. The molecule has 1 aromatic carbocycles. The van der Waals surface area contributed by atoms with Gasteiger partial charge in [-0.2, -0.15) is 0 Å². The molecular formula is C26H41N9O5S. The number of methoxy groups -OCH3 is 1. The van der Waals surface area contributed by atoms with Crippen LogP contribution in [-0.4, -0.2) is 96.2 Å². The molecular weight excluding hydrogens is 550 g/mol. The molecule has 0 radical (unpaired) electrons. The molecule has 2 unspecified atom stereocenters. The number of ether oxygens (including phenoxy) is 1. The number of carbonyl (C=O) groups is 3. The highest BCUT2D eigenvalue weighted by Crippen LogP contribution is 2.23. The lowest BCUT2D eigenvalue weighted by atomic mass is 9.90. The summed E-state index contributed by atoms with van der Waals surface area (Å²) in [6.45, 7) is 1.45. The third-order valence-electron chi connectivity index (χ3n) is 7.33. The van der Waals surface area contributed by atoms with Crippen molar-refractivity contribution in [3.63, 3.8) is 0 Å². The average Bonchev–Trinajstić information content (AvgIpc) is 2.96. The molecule has 0 aromatic heterocycles. The number of benzene rings is 1. The lowest BCUT2D eigenvalue weighted by molar-refractivity contribution is -0.128. The molecule has 0 bridgehead atoms. The second kappa shape index (κ2) is 15.4. The highest BCUT2D eigenvalue weighted by Gasteiger charge is 2.32. The molecule has 2 saturated heterocycles. The summed E-state index contributed by atoms with van der Waals surface area (Å²) in [5.74, 6) is -0.714. The highest BCUT2D eigenvalue weighted by atomic mass is 32.2. The first-order chi connectivity index (χ1) is 19.6. The van der Waals surface area contributed by atoms with Crippen LogP contribution in [-0.2, 0) is 20.1 Å². The van der Waals surface area contributed by atoms with Gasteiger partial charge in [-0.15, -0.1) is 0 Å². The summed E-state index contributed by atoms with van der Waals surface area (Å²) in [6, 6.07) is 5.86. The van der Waals surface area contributed by atoms with Crippen LogP contribution in [0.4, 0.5) is 0 Å². The van der Waals surface area contributed by atoms with E-state index in [1.165, 1.54) is 24.0 Å². The van der Waals surface area contributed by atoms with E-state index in [1.807, 2.05) is 6.07 Å². The number of piperidine rings is 2. The topological polar surface area (TPSA) is 223 Å². The molecule has 3 atom stereocenters. The Morgan fingerprint density at radius 2 is 1.88 bits per heavy atom. The summed E-state index contributed by atoms with van der Waals surface area (Å²) in [5, 5.41) is 31.1. The maximum atomic E-state index is 13.2. The number of guanidine groups is 2. The predicted octanol–water partition coefficient (Wildman–Crippen LogP) is -0.516. The number of likely N-dealkylation sites (tertiary alicyclic amines) is 2. The minimum Gasteiger partial charge on any atom is -0.465 e. The van der Waals surface area contributed by atoms with Crippen molar-refractivity contribution in [2.45, 2.75) is 56.2 Å². The van der Waals surface area contributed by atoms with Crippen molar-refractivity contribution in [3.05, 3.63) is 35.4 Å². The predicted molar refractivity (Wildman–Crippen MR) is 156 cm³/mol. The smallest absolute Gasteiger partial charge is 0.337 e. The Labute approximate surface area is 244 Å². The lowest BCUT2D eigenvalue weighted by Crippen LogP contribution is -2.59. The summed E-state index contributed by atoms with van der Waals surface area (Å²) in [4.78, 5) is 40.8. The van der Waals surface area contributed by atoms with Gasteiger partial charge in [-0.25, -0.2) is 4.79 Å². The zero-order valence-electron chi connectivity index (χ0n) is 23.2. The van der Waals surface area contributed by atoms with Crippen LogP contribution < -0.4 is 26.8 Å². The van der Waals surface area contributed by atoms with Crippen LogP contribution in [0.15, 0.2) is 24.3 Å². The Bertz CT molecular complexity index is 1100. The van der Waals surface area contributed by atoms with Gasteiger partial charge in [-0.1, -0.05) is 24.1 Å². The number of carbonyl (C=O) groups excluding carboxylic acids is 3. The van der Waals surface area contributed by atoms with Crippen LogP contribution in [0, 0.1) is 16.7 Å². The summed E-state index contributed by atoms with van der Waals surface area (Å²) in [6.07, 6.45) is 2.17. The van der Waals surface area contributed by atoms with Gasteiger partial charge in [0.1, 0.15) is 6.23 Å². The number of hydrogen-bond donors (Lipinski definition) is 8. The van der Waals surface area contributed by atoms with E-state index in [9.17, 15) is 19.5 Å². The third kappa shape index (κ3) is 9.50. The van der Waals surface area contributed by atoms with Gasteiger partial charge in [0, 0.05) is 25.4 Å². The second-order valence-corrected chi connectivity index (χ2v) is 11.0. The van der Waals surface area contributed by atoms with Crippen molar-refractivity contribution in [3.8, 4) is 0 Å². The fourth-order valence-electron chi connectivity index (χ4n) is 5.02. The quantitative estimate of drug-likeness (QED) is 0.0708. The zero-order chi connectivity index (χ0) is 29.9. The van der Waals surface area contributed by atoms with Gasteiger partial charge in [0.25, 0.3) is 0 Å². The van der Waals surface area contributed by atoms with E-state index in [0.717, 1.165) is 18.4 Å². The van der Waals surface area contributed by atoms with E-state index in [1.54, 1.807) is 23.1 Å². The van der Waals surface area contributed by atoms with E-state index < -0.39 is 30.2 Å². The molecule has 0 spiro atoms. The molecule has 2 heterocycles. The molecule has 2 amide bonds. The van der Waals surface area contributed by atoms with Crippen LogP contribution in [0.1, 0.15) is 48.0 Å². The monoisotopic (exact) mass is 591 g/mol. The molecule has 1 aromatic rings. The van der Waals surface area contributed by atoms with E-state index in [4.69, 9.17) is 27.0 Å². The molecule has 10 N–H and O–H groups in total. The number of nitrogens with two attached hydrogens (primary N) is 2. The number of rotatable bonds is 11. The van der Waals surface area contributed by atoms with Gasteiger partial charge in [0.2, 0.25) is 11.8 Å². The lowest BCUT2D eigenvalue weighted by Gasteiger charge is -2.38. The van der Waals surface area contributed by atoms with Gasteiger partial charge >= 0.3 is 5.97 Å². The Kier molecular flexibility index (Phi) is 12.0. The number of esters is 1. The molecule has 0 aliphatic carbocycles. The molecule has 15 heteroatoms. The molecule has 226 valence electrons. The van der Waals surface area contributed by atoms with Crippen molar-refractivity contribution < 1.29 is 24.2 Å². The molecule has 3 rings (SSSR count). The maximum absolute atomic E-state index is 13.2. The average molecular weight is 592 g/mol. The van der Waals surface area contributed by atoms with E-state index in [0.29, 0.717) is 50.2 Å². The summed E-state index contributed by atoms with van der Waals surface area (Å²) >= 11 is 1.33. The number of nitrogens with zero attached hydrogens (tertiary/aromatic N) is 2. The van der Waals surface area contributed by atoms with Gasteiger partial charge in [-0.3, -0.25) is 25.1 Å². The highest BCUT2D eigenvalue weighted by molar-refractivity contribution is 7.96. The number of hydrogen-bond acceptors (Lipinski definition) is 9. The Balaban J connectivity index is 1.56. The fourth-order valence-corrected chi connectivity index (χ4v) is 5.86. The van der Waals surface area contributed by atoms with Crippen molar-refractivity contribution >= 4 is 41.7 Å². The molecule has 2 fully saturated rings. The zero-order valence-corrected chi connectivity index (χ0v) is 24.0. The van der Waals surface area contributed by atoms with Crippen LogP contribution >= 0.6 is 11.9 Å². The maximum Gasteiger partial charge on any atom is 0.337 e. The van der Waals surface area contributed by atoms with Crippen LogP contribution in [0.2, 0.25) is 0 Å². The van der Waals surface area contributed by atoms with E-state index in [2.05, 4.69) is 15.4 Å². The SMILES string of the molecule is COC(=O)c1cccc(CSN[C@H](CC2CCN(C(=N)N)CC2)C(=O)NCC(=O)NC2CCCN(C(=N)N)C2O)c1. The normalized spacial score (nSPS) is 20.1. The first kappa shape index (κ1) is 32.0. The van der Waals surface area contributed by atoms with Gasteiger partial charge in [0.05, 0.1) is 31.3 Å². The largest absolute Gasteiger partial charge is 0.465 e. The molecule has 14 nitrogen and oxygen atoms in total. The van der Waals surface area contributed by atoms with Crippen LogP contribution in [0.3, 0.4) is 0 Å².